The second kappa shape index (κ2) is 9.65. The molecule has 0 saturated heterocycles. The molecule has 1 N–H and O–H groups in total. The average molecular weight is 368 g/mol. The van der Waals surface area contributed by atoms with Gasteiger partial charge in [0.2, 0.25) is 0 Å². The van der Waals surface area contributed by atoms with Gasteiger partial charge in [-0.2, -0.15) is 0 Å². The third-order valence-electron chi connectivity index (χ3n) is 3.44. The molecular formula is C19H23Cl2NO2. The average Bonchev–Trinajstić information content (AvgIpc) is 2.57. The van der Waals surface area contributed by atoms with E-state index in [4.69, 9.17) is 32.7 Å². The normalized spacial score (nSPS) is 11.8. The maximum atomic E-state index is 6.12. The van der Waals surface area contributed by atoms with E-state index in [0.29, 0.717) is 22.3 Å². The molecule has 2 aromatic rings. The van der Waals surface area contributed by atoms with Crippen molar-refractivity contribution in [3.8, 4) is 11.5 Å². The van der Waals surface area contributed by atoms with Crippen molar-refractivity contribution in [3.63, 3.8) is 0 Å². The van der Waals surface area contributed by atoms with Crippen LogP contribution in [0.15, 0.2) is 42.5 Å². The van der Waals surface area contributed by atoms with Crippen LogP contribution in [0.1, 0.15) is 26.7 Å². The summed E-state index contributed by atoms with van der Waals surface area (Å²) in [5.74, 6) is 1.53. The van der Waals surface area contributed by atoms with Crippen LogP contribution < -0.4 is 14.8 Å². The van der Waals surface area contributed by atoms with Gasteiger partial charge in [0.05, 0.1) is 18.2 Å². The van der Waals surface area contributed by atoms with Crippen LogP contribution in [0.3, 0.4) is 0 Å². The summed E-state index contributed by atoms with van der Waals surface area (Å²) in [6, 6.07) is 13.2. The number of nitrogens with one attached hydrogen (secondary N) is 1. The van der Waals surface area contributed by atoms with Gasteiger partial charge in [0.15, 0.2) is 0 Å². The Labute approximate surface area is 153 Å². The number of anilines is 1. The minimum absolute atomic E-state index is 0.0378. The lowest BCUT2D eigenvalue weighted by Gasteiger charge is -2.17. The standard InChI is InChI=1S/C19H23Cl2NO2/c1-3-4-11-23-17-8-6-16(7-9-17)22-13-14(2)24-19-10-5-15(20)12-18(19)21/h5-10,12,14,22H,3-4,11,13H2,1-2H3. The van der Waals surface area contributed by atoms with E-state index in [2.05, 4.69) is 12.2 Å². The highest BCUT2D eigenvalue weighted by Crippen LogP contribution is 2.28. The lowest BCUT2D eigenvalue weighted by Crippen LogP contribution is -2.22. The number of unbranched alkanes of at least 4 members (excludes halogenated alkanes) is 1. The summed E-state index contributed by atoms with van der Waals surface area (Å²) >= 11 is 12.0. The zero-order valence-corrected chi connectivity index (χ0v) is 15.5. The molecule has 1 atom stereocenters. The molecule has 0 saturated carbocycles. The van der Waals surface area contributed by atoms with Gasteiger partial charge in [-0.05, 0) is 55.8 Å². The molecule has 0 heterocycles. The monoisotopic (exact) mass is 367 g/mol. The summed E-state index contributed by atoms with van der Waals surface area (Å²) in [4.78, 5) is 0. The summed E-state index contributed by atoms with van der Waals surface area (Å²) in [7, 11) is 0. The first kappa shape index (κ1) is 18.8. The summed E-state index contributed by atoms with van der Waals surface area (Å²) in [6.45, 7) is 5.56. The minimum Gasteiger partial charge on any atom is -0.494 e. The van der Waals surface area contributed by atoms with Gasteiger partial charge in [0, 0.05) is 10.7 Å². The van der Waals surface area contributed by atoms with E-state index in [1.54, 1.807) is 18.2 Å². The summed E-state index contributed by atoms with van der Waals surface area (Å²) in [5.41, 5.74) is 1.02. The molecule has 130 valence electrons. The quantitative estimate of drug-likeness (QED) is 0.547. The second-order valence-corrected chi connectivity index (χ2v) is 6.45. The number of hydrogen-bond donors (Lipinski definition) is 1. The van der Waals surface area contributed by atoms with Crippen molar-refractivity contribution in [1.29, 1.82) is 0 Å². The second-order valence-electron chi connectivity index (χ2n) is 5.61. The van der Waals surface area contributed by atoms with Gasteiger partial charge in [-0.3, -0.25) is 0 Å². The molecule has 2 aromatic carbocycles. The lowest BCUT2D eigenvalue weighted by molar-refractivity contribution is 0.235. The summed E-state index contributed by atoms with van der Waals surface area (Å²) < 4.78 is 11.5. The third-order valence-corrected chi connectivity index (χ3v) is 3.97. The van der Waals surface area contributed by atoms with Gasteiger partial charge in [0.25, 0.3) is 0 Å². The molecule has 5 heteroatoms. The highest BCUT2D eigenvalue weighted by molar-refractivity contribution is 6.35. The maximum absolute atomic E-state index is 6.12. The summed E-state index contributed by atoms with van der Waals surface area (Å²) in [5, 5.41) is 4.45. The van der Waals surface area contributed by atoms with Crippen LogP contribution in [-0.2, 0) is 0 Å². The Bertz CT molecular complexity index is 632. The summed E-state index contributed by atoms with van der Waals surface area (Å²) in [6.07, 6.45) is 2.17. The fourth-order valence-corrected chi connectivity index (χ4v) is 2.55. The predicted molar refractivity (Wildman–Crippen MR) is 102 cm³/mol. The van der Waals surface area contributed by atoms with Crippen LogP contribution in [-0.4, -0.2) is 19.3 Å². The smallest absolute Gasteiger partial charge is 0.138 e. The van der Waals surface area contributed by atoms with Crippen LogP contribution in [0.25, 0.3) is 0 Å². The predicted octanol–water partition coefficient (Wildman–Crippen LogP) is 6.05. The van der Waals surface area contributed by atoms with Crippen LogP contribution in [0.4, 0.5) is 5.69 Å². The van der Waals surface area contributed by atoms with E-state index in [1.807, 2.05) is 31.2 Å². The highest BCUT2D eigenvalue weighted by atomic mass is 35.5. The van der Waals surface area contributed by atoms with E-state index in [9.17, 15) is 0 Å². The SMILES string of the molecule is CCCCOc1ccc(NCC(C)Oc2ccc(Cl)cc2Cl)cc1. The number of benzene rings is 2. The Balaban J connectivity index is 1.79. The van der Waals surface area contributed by atoms with Gasteiger partial charge in [-0.25, -0.2) is 0 Å². The Kier molecular flexibility index (Phi) is 7.54. The first-order valence-corrected chi connectivity index (χ1v) is 8.92. The van der Waals surface area contributed by atoms with Gasteiger partial charge < -0.3 is 14.8 Å². The number of rotatable bonds is 9. The van der Waals surface area contributed by atoms with Crippen molar-refractivity contribution >= 4 is 28.9 Å². The zero-order chi connectivity index (χ0) is 17.4. The molecule has 0 bridgehead atoms. The molecule has 0 fully saturated rings. The van der Waals surface area contributed by atoms with E-state index in [0.717, 1.165) is 30.9 Å². The van der Waals surface area contributed by atoms with Gasteiger partial charge in [-0.15, -0.1) is 0 Å². The minimum atomic E-state index is -0.0378. The number of ether oxygens (including phenoxy) is 2. The molecule has 0 aliphatic carbocycles. The number of hydrogen-bond acceptors (Lipinski definition) is 3. The van der Waals surface area contributed by atoms with Gasteiger partial charge in [-0.1, -0.05) is 36.5 Å². The molecule has 2 rings (SSSR count). The van der Waals surface area contributed by atoms with E-state index in [1.165, 1.54) is 0 Å². The maximum Gasteiger partial charge on any atom is 0.138 e. The van der Waals surface area contributed by atoms with Crippen LogP contribution in [0, 0.1) is 0 Å². The Morgan fingerprint density at radius 1 is 1.08 bits per heavy atom. The van der Waals surface area contributed by atoms with Crippen LogP contribution >= 0.6 is 23.2 Å². The largest absolute Gasteiger partial charge is 0.494 e. The molecule has 24 heavy (non-hydrogen) atoms. The highest BCUT2D eigenvalue weighted by Gasteiger charge is 2.08. The van der Waals surface area contributed by atoms with Crippen molar-refractivity contribution in [2.75, 3.05) is 18.5 Å². The van der Waals surface area contributed by atoms with Crippen LogP contribution in [0.5, 0.6) is 11.5 Å². The van der Waals surface area contributed by atoms with Crippen molar-refractivity contribution in [2.45, 2.75) is 32.8 Å². The fraction of sp³-hybridized carbons (Fsp3) is 0.368. The van der Waals surface area contributed by atoms with Crippen LogP contribution in [0.2, 0.25) is 10.0 Å². The fourth-order valence-electron chi connectivity index (χ4n) is 2.09. The molecule has 0 aliphatic heterocycles. The van der Waals surface area contributed by atoms with Crippen molar-refractivity contribution < 1.29 is 9.47 Å². The molecule has 1 unspecified atom stereocenters. The van der Waals surface area contributed by atoms with Crippen molar-refractivity contribution in [3.05, 3.63) is 52.5 Å². The van der Waals surface area contributed by atoms with Gasteiger partial charge >= 0.3 is 0 Å². The molecule has 0 radical (unpaired) electrons. The van der Waals surface area contributed by atoms with E-state index < -0.39 is 0 Å². The van der Waals surface area contributed by atoms with E-state index in [-0.39, 0.29) is 6.10 Å². The van der Waals surface area contributed by atoms with E-state index >= 15 is 0 Å². The van der Waals surface area contributed by atoms with Crippen molar-refractivity contribution in [1.82, 2.24) is 0 Å². The first-order valence-electron chi connectivity index (χ1n) is 8.17. The Morgan fingerprint density at radius 2 is 1.83 bits per heavy atom. The van der Waals surface area contributed by atoms with Gasteiger partial charge in [0.1, 0.15) is 17.6 Å². The Hall–Kier alpha value is -1.58. The molecule has 0 amide bonds. The topological polar surface area (TPSA) is 30.5 Å². The molecule has 3 nitrogen and oxygen atoms in total. The molecule has 0 spiro atoms. The zero-order valence-electron chi connectivity index (χ0n) is 14.0. The van der Waals surface area contributed by atoms with Crippen molar-refractivity contribution in [2.24, 2.45) is 0 Å². The molecule has 0 aromatic heterocycles. The first-order chi connectivity index (χ1) is 11.6. The third kappa shape index (κ3) is 6.14. The molecule has 0 aliphatic rings. The lowest BCUT2D eigenvalue weighted by atomic mass is 10.3. The molecular weight excluding hydrogens is 345 g/mol. The number of halogens is 2. The Morgan fingerprint density at radius 3 is 2.50 bits per heavy atom.